The summed E-state index contributed by atoms with van der Waals surface area (Å²) in [4.78, 5) is 8.82. The number of rotatable bonds is 2. The summed E-state index contributed by atoms with van der Waals surface area (Å²) >= 11 is 1.62. The van der Waals surface area contributed by atoms with Crippen LogP contribution in [0.4, 0.5) is 0 Å². The molecule has 7 heteroatoms. The van der Waals surface area contributed by atoms with Gasteiger partial charge < -0.3 is 10.3 Å². The number of hydrogen-bond donors (Lipinski definition) is 1. The average molecular weight is 359 g/mol. The Bertz CT molecular complexity index is 794. The van der Waals surface area contributed by atoms with Crippen molar-refractivity contribution in [1.29, 1.82) is 0 Å². The molecule has 4 heterocycles. The van der Waals surface area contributed by atoms with Crippen LogP contribution in [0.5, 0.6) is 0 Å². The van der Waals surface area contributed by atoms with Crippen LogP contribution in [0.25, 0.3) is 11.2 Å². The third kappa shape index (κ3) is 4.05. The summed E-state index contributed by atoms with van der Waals surface area (Å²) < 4.78 is 2.11. The second kappa shape index (κ2) is 8.03. The Kier molecular flexibility index (Phi) is 5.78. The quantitative estimate of drug-likeness (QED) is 0.658. The Morgan fingerprint density at radius 1 is 1.24 bits per heavy atom. The van der Waals surface area contributed by atoms with Gasteiger partial charge in [0.15, 0.2) is 5.65 Å². The number of imidazole rings is 1. The van der Waals surface area contributed by atoms with Crippen molar-refractivity contribution in [2.75, 3.05) is 40.0 Å². The molecule has 2 aliphatic heterocycles. The smallest absolute Gasteiger partial charge is 0.170 e. The van der Waals surface area contributed by atoms with Crippen molar-refractivity contribution in [3.63, 3.8) is 0 Å². The maximum absolute atomic E-state index is 4.49. The summed E-state index contributed by atoms with van der Waals surface area (Å²) in [5.41, 5.74) is 4.81. The summed E-state index contributed by atoms with van der Waals surface area (Å²) in [6, 6.07) is 0. The van der Waals surface area contributed by atoms with E-state index in [2.05, 4.69) is 56.0 Å². The molecule has 0 spiro atoms. The largest absolute Gasteiger partial charge is 0.316 e. The topological polar surface area (TPSA) is 48.7 Å². The summed E-state index contributed by atoms with van der Waals surface area (Å²) in [6.45, 7) is 5.32. The molecular formula is C18H26N6S. The number of hydrogen-bond acceptors (Lipinski definition) is 6. The number of likely N-dealkylation sites (N-methyl/N-ethyl adjacent to an activating group) is 1. The van der Waals surface area contributed by atoms with Gasteiger partial charge in [0.05, 0.1) is 11.9 Å². The summed E-state index contributed by atoms with van der Waals surface area (Å²) in [5, 5.41) is 8.48. The second-order valence-corrected chi connectivity index (χ2v) is 7.13. The van der Waals surface area contributed by atoms with E-state index in [1.54, 1.807) is 11.8 Å². The van der Waals surface area contributed by atoms with Gasteiger partial charge in [-0.3, -0.25) is 4.40 Å². The predicted molar refractivity (Wildman–Crippen MR) is 104 cm³/mol. The molecule has 1 N–H and O–H groups in total. The third-order valence-electron chi connectivity index (χ3n) is 4.42. The van der Waals surface area contributed by atoms with Gasteiger partial charge in [0.25, 0.3) is 0 Å². The number of nitrogens with zero attached hydrogens (tertiary/aromatic N) is 5. The van der Waals surface area contributed by atoms with Crippen molar-refractivity contribution in [3.05, 3.63) is 42.1 Å². The van der Waals surface area contributed by atoms with Crippen molar-refractivity contribution in [1.82, 2.24) is 29.7 Å². The molecule has 0 fully saturated rings. The molecule has 0 aliphatic carbocycles. The first-order valence-electron chi connectivity index (χ1n) is 8.47. The van der Waals surface area contributed by atoms with Gasteiger partial charge in [0.2, 0.25) is 0 Å². The molecule has 0 atom stereocenters. The zero-order chi connectivity index (χ0) is 17.8. The van der Waals surface area contributed by atoms with E-state index >= 15 is 0 Å². The highest BCUT2D eigenvalue weighted by atomic mass is 32.2. The molecule has 0 amide bonds. The lowest BCUT2D eigenvalue weighted by Gasteiger charge is -2.18. The van der Waals surface area contributed by atoms with Gasteiger partial charge >= 0.3 is 0 Å². The highest BCUT2D eigenvalue weighted by Gasteiger charge is 2.19. The highest BCUT2D eigenvalue weighted by Crippen LogP contribution is 2.25. The van der Waals surface area contributed by atoms with Gasteiger partial charge in [-0.25, -0.2) is 15.0 Å². The van der Waals surface area contributed by atoms with E-state index in [0.717, 1.165) is 36.0 Å². The fourth-order valence-electron chi connectivity index (χ4n) is 2.93. The normalized spacial score (nSPS) is 18.0. The summed E-state index contributed by atoms with van der Waals surface area (Å²) in [5.74, 6) is 0. The molecule has 2 aromatic heterocycles. The van der Waals surface area contributed by atoms with Gasteiger partial charge in [0.1, 0.15) is 5.03 Å². The number of thioether (sulfide) groups is 1. The standard InChI is InChI=1S/C12H15N5S.C6H11N/c1-15-7-9(8-16(15)2)10-6-14-11-12(18-3)13-4-5-17(10)11;1-6-3-2-4-7-5-6/h4-7H,8H2,1-3H3;3,7H,2,4-5H2,1H3. The minimum atomic E-state index is 0.904. The molecular weight excluding hydrogens is 332 g/mol. The van der Waals surface area contributed by atoms with Gasteiger partial charge in [-0.05, 0) is 26.1 Å². The van der Waals surface area contributed by atoms with Gasteiger partial charge in [-0.15, -0.1) is 11.8 Å². The Morgan fingerprint density at radius 2 is 2.08 bits per heavy atom. The Hall–Kier alpha value is -1.83. The van der Waals surface area contributed by atoms with Crippen LogP contribution in [0, 0.1) is 0 Å². The number of hydrazine groups is 1. The number of nitrogens with one attached hydrogen (secondary N) is 1. The van der Waals surface area contributed by atoms with Crippen LogP contribution >= 0.6 is 11.8 Å². The van der Waals surface area contributed by atoms with E-state index in [-0.39, 0.29) is 0 Å². The number of fused-ring (bicyclic) bond motifs is 1. The lowest BCUT2D eigenvalue weighted by atomic mass is 10.2. The average Bonchev–Trinajstić information content (AvgIpc) is 3.19. The lowest BCUT2D eigenvalue weighted by Crippen LogP contribution is -2.27. The van der Waals surface area contributed by atoms with E-state index in [0.29, 0.717) is 0 Å². The van der Waals surface area contributed by atoms with Crippen molar-refractivity contribution in [2.24, 2.45) is 0 Å². The van der Waals surface area contributed by atoms with Gasteiger partial charge in [-0.1, -0.05) is 11.6 Å². The zero-order valence-electron chi connectivity index (χ0n) is 15.4. The van der Waals surface area contributed by atoms with Crippen molar-refractivity contribution in [3.8, 4) is 0 Å². The zero-order valence-corrected chi connectivity index (χ0v) is 16.2. The van der Waals surface area contributed by atoms with E-state index < -0.39 is 0 Å². The molecule has 0 unspecified atom stereocenters. The Labute approximate surface area is 153 Å². The second-order valence-electron chi connectivity index (χ2n) is 6.33. The van der Waals surface area contributed by atoms with Crippen LogP contribution in [0.3, 0.4) is 0 Å². The van der Waals surface area contributed by atoms with E-state index in [9.17, 15) is 0 Å². The molecule has 6 nitrogen and oxygen atoms in total. The highest BCUT2D eigenvalue weighted by molar-refractivity contribution is 7.98. The van der Waals surface area contributed by atoms with Gasteiger partial charge in [0, 0.05) is 51.4 Å². The molecule has 0 saturated carbocycles. The Morgan fingerprint density at radius 3 is 2.64 bits per heavy atom. The molecule has 0 aromatic carbocycles. The Balaban J connectivity index is 0.000000219. The molecule has 2 aromatic rings. The summed E-state index contributed by atoms with van der Waals surface area (Å²) in [7, 11) is 4.12. The van der Waals surface area contributed by atoms with Crippen molar-refractivity contribution < 1.29 is 0 Å². The van der Waals surface area contributed by atoms with Crippen LogP contribution < -0.4 is 5.32 Å². The van der Waals surface area contributed by atoms with Crippen molar-refractivity contribution >= 4 is 23.0 Å². The van der Waals surface area contributed by atoms with Crippen LogP contribution in [0.2, 0.25) is 0 Å². The molecule has 0 saturated heterocycles. The molecule has 4 rings (SSSR count). The van der Waals surface area contributed by atoms with Crippen LogP contribution in [-0.2, 0) is 0 Å². The maximum Gasteiger partial charge on any atom is 0.170 e. The third-order valence-corrected chi connectivity index (χ3v) is 5.09. The number of aromatic nitrogens is 3. The fourth-order valence-corrected chi connectivity index (χ4v) is 3.43. The summed E-state index contributed by atoms with van der Waals surface area (Å²) in [6.07, 6.45) is 13.4. The van der Waals surface area contributed by atoms with Crippen LogP contribution in [-0.4, -0.2) is 64.4 Å². The van der Waals surface area contributed by atoms with Gasteiger partial charge in [-0.2, -0.15) is 0 Å². The lowest BCUT2D eigenvalue weighted by molar-refractivity contribution is 0.118. The maximum atomic E-state index is 4.49. The molecule has 134 valence electrons. The first-order chi connectivity index (χ1) is 12.1. The van der Waals surface area contributed by atoms with Crippen LogP contribution in [0.15, 0.2) is 41.5 Å². The first kappa shape index (κ1) is 18.0. The monoisotopic (exact) mass is 358 g/mol. The van der Waals surface area contributed by atoms with E-state index in [4.69, 9.17) is 0 Å². The molecule has 25 heavy (non-hydrogen) atoms. The molecule has 0 bridgehead atoms. The first-order valence-corrected chi connectivity index (χ1v) is 9.70. The van der Waals surface area contributed by atoms with E-state index in [1.165, 1.54) is 17.6 Å². The minimum Gasteiger partial charge on any atom is -0.316 e. The fraction of sp³-hybridized carbons (Fsp3) is 0.444. The predicted octanol–water partition coefficient (Wildman–Crippen LogP) is 2.51. The molecule has 2 aliphatic rings. The minimum absolute atomic E-state index is 0.904. The van der Waals surface area contributed by atoms with Crippen molar-refractivity contribution in [2.45, 2.75) is 18.4 Å². The molecule has 0 radical (unpaired) electrons. The van der Waals surface area contributed by atoms with E-state index in [1.807, 2.05) is 31.9 Å². The SMILES string of the molecule is CC1=CCCNC1.CSc1nccn2c(C3=CN(C)N(C)C3)cnc12. The van der Waals surface area contributed by atoms with Crippen LogP contribution in [0.1, 0.15) is 19.0 Å².